The predicted molar refractivity (Wildman–Crippen MR) is 93.9 cm³/mol. The Bertz CT molecular complexity index is 646. The third-order valence-electron chi connectivity index (χ3n) is 3.76. The zero-order chi connectivity index (χ0) is 18.9. The van der Waals surface area contributed by atoms with Crippen LogP contribution in [0.25, 0.3) is 0 Å². The van der Waals surface area contributed by atoms with Crippen LogP contribution in [0.5, 0.6) is 0 Å². The van der Waals surface area contributed by atoms with Crippen LogP contribution in [0, 0.1) is 0 Å². The summed E-state index contributed by atoms with van der Waals surface area (Å²) >= 11 is 0. The van der Waals surface area contributed by atoms with Crippen molar-refractivity contribution in [1.29, 1.82) is 0 Å². The lowest BCUT2D eigenvalue weighted by molar-refractivity contribution is -0.108. The fourth-order valence-electron chi connectivity index (χ4n) is 2.50. The molecular formula is C17H22N4O5. The van der Waals surface area contributed by atoms with Crippen LogP contribution in [0.2, 0.25) is 0 Å². The normalized spacial score (nSPS) is 13.7. The molecule has 5 amide bonds. The Morgan fingerprint density at radius 3 is 2.42 bits per heavy atom. The lowest BCUT2D eigenvalue weighted by Gasteiger charge is -2.33. The number of anilines is 1. The van der Waals surface area contributed by atoms with Gasteiger partial charge in [-0.05, 0) is 19.1 Å². The number of aldehydes is 1. The zero-order valence-electron chi connectivity index (χ0n) is 14.6. The number of nitrogens with zero attached hydrogens (tertiary/aromatic N) is 3. The number of amides is 5. The van der Waals surface area contributed by atoms with Crippen molar-refractivity contribution in [2.75, 3.05) is 44.2 Å². The van der Waals surface area contributed by atoms with Gasteiger partial charge in [0.05, 0.1) is 18.8 Å². The Morgan fingerprint density at radius 2 is 1.85 bits per heavy atom. The van der Waals surface area contributed by atoms with Crippen molar-refractivity contribution in [3.8, 4) is 0 Å². The lowest BCUT2D eigenvalue weighted by Crippen LogP contribution is -2.57. The molecule has 140 valence electrons. The van der Waals surface area contributed by atoms with Gasteiger partial charge in [0.2, 0.25) is 0 Å². The average molecular weight is 362 g/mol. The molecule has 9 nitrogen and oxygen atoms in total. The first-order valence-corrected chi connectivity index (χ1v) is 8.36. The molecule has 1 fully saturated rings. The van der Waals surface area contributed by atoms with Crippen LogP contribution in [-0.2, 0) is 9.53 Å². The van der Waals surface area contributed by atoms with E-state index in [-0.39, 0.29) is 6.61 Å². The molecule has 9 heteroatoms. The molecule has 1 aromatic carbocycles. The average Bonchev–Trinajstić information content (AvgIpc) is 2.67. The molecule has 1 heterocycles. The Morgan fingerprint density at radius 1 is 1.19 bits per heavy atom. The topological polar surface area (TPSA) is 99.3 Å². The Kier molecular flexibility index (Phi) is 7.10. The van der Waals surface area contributed by atoms with Crippen LogP contribution >= 0.6 is 0 Å². The molecule has 0 aromatic heterocycles. The summed E-state index contributed by atoms with van der Waals surface area (Å²) in [6, 6.07) is 6.79. The summed E-state index contributed by atoms with van der Waals surface area (Å²) in [5.41, 5.74) is 0.307. The number of carbonyl (C=O) groups is 4. The number of nitrogens with one attached hydrogen (secondary N) is 1. The second-order valence-corrected chi connectivity index (χ2v) is 5.45. The molecular weight excluding hydrogens is 340 g/mol. The number of benzene rings is 1. The maximum atomic E-state index is 13.0. The minimum atomic E-state index is -0.973. The van der Waals surface area contributed by atoms with Crippen molar-refractivity contribution in [3.05, 3.63) is 30.3 Å². The van der Waals surface area contributed by atoms with Crippen molar-refractivity contribution in [2.45, 2.75) is 6.92 Å². The first kappa shape index (κ1) is 19.4. The van der Waals surface area contributed by atoms with Gasteiger partial charge in [0.15, 0.2) is 0 Å². The predicted octanol–water partition coefficient (Wildman–Crippen LogP) is 1.30. The SMILES string of the molecule is CCOC(=O)N(CC=O)C(=O)N(C(=O)N1CCNCC1)c1ccccc1. The standard InChI is InChI=1S/C17H22N4O5/c1-2-26-17(25)20(12-13-22)16(24)21(14-6-4-3-5-7-14)15(23)19-10-8-18-9-11-19/h3-7,13,18H,2,8-12H2,1H3. The van der Waals surface area contributed by atoms with Crippen LogP contribution in [-0.4, -0.2) is 73.6 Å². The van der Waals surface area contributed by atoms with Crippen molar-refractivity contribution in [1.82, 2.24) is 15.1 Å². The van der Waals surface area contributed by atoms with Crippen molar-refractivity contribution in [2.24, 2.45) is 0 Å². The van der Waals surface area contributed by atoms with Gasteiger partial charge in [-0.2, -0.15) is 0 Å². The van der Waals surface area contributed by atoms with E-state index in [9.17, 15) is 19.2 Å². The minimum Gasteiger partial charge on any atom is -0.449 e. The summed E-state index contributed by atoms with van der Waals surface area (Å²) in [7, 11) is 0. The second kappa shape index (κ2) is 9.52. The van der Waals surface area contributed by atoms with Crippen LogP contribution < -0.4 is 10.2 Å². The maximum Gasteiger partial charge on any atom is 0.418 e. The maximum absolute atomic E-state index is 13.0. The van der Waals surface area contributed by atoms with Gasteiger partial charge in [-0.15, -0.1) is 0 Å². The summed E-state index contributed by atoms with van der Waals surface area (Å²) in [5.74, 6) is 0. The summed E-state index contributed by atoms with van der Waals surface area (Å²) < 4.78 is 4.83. The number of ether oxygens (including phenoxy) is 1. The molecule has 2 rings (SSSR count). The van der Waals surface area contributed by atoms with Gasteiger partial charge in [-0.25, -0.2) is 24.2 Å². The molecule has 1 aliphatic rings. The third kappa shape index (κ3) is 4.57. The molecule has 0 saturated carbocycles. The summed E-state index contributed by atoms with van der Waals surface area (Å²) in [5, 5.41) is 3.13. The van der Waals surface area contributed by atoms with Gasteiger partial charge < -0.3 is 19.7 Å². The van der Waals surface area contributed by atoms with Crippen LogP contribution in [0.1, 0.15) is 6.92 Å². The molecule has 1 N–H and O–H groups in total. The van der Waals surface area contributed by atoms with Crippen molar-refractivity contribution < 1.29 is 23.9 Å². The first-order valence-electron chi connectivity index (χ1n) is 8.36. The number of para-hydroxylation sites is 1. The Balaban J connectivity index is 2.35. The van der Waals surface area contributed by atoms with Crippen molar-refractivity contribution >= 4 is 30.1 Å². The molecule has 1 aliphatic heterocycles. The van der Waals surface area contributed by atoms with Crippen LogP contribution in [0.4, 0.5) is 20.1 Å². The van der Waals surface area contributed by atoms with Crippen LogP contribution in [0.15, 0.2) is 30.3 Å². The monoisotopic (exact) mass is 362 g/mol. The smallest absolute Gasteiger partial charge is 0.418 e. The second-order valence-electron chi connectivity index (χ2n) is 5.45. The number of rotatable bonds is 4. The Labute approximate surface area is 151 Å². The highest BCUT2D eigenvalue weighted by Gasteiger charge is 2.35. The summed E-state index contributed by atoms with van der Waals surface area (Å²) in [6.45, 7) is 3.21. The number of hydrogen-bond donors (Lipinski definition) is 1. The van der Waals surface area contributed by atoms with Gasteiger partial charge in [0.1, 0.15) is 6.29 Å². The summed E-state index contributed by atoms with van der Waals surface area (Å²) in [4.78, 5) is 52.0. The third-order valence-corrected chi connectivity index (χ3v) is 3.76. The van der Waals surface area contributed by atoms with Crippen LogP contribution in [0.3, 0.4) is 0 Å². The molecule has 0 bridgehead atoms. The molecule has 0 aliphatic carbocycles. The van der Waals surface area contributed by atoms with Gasteiger partial charge >= 0.3 is 18.2 Å². The molecule has 0 radical (unpaired) electrons. The minimum absolute atomic E-state index is 0.0402. The molecule has 0 unspecified atom stereocenters. The first-order chi connectivity index (χ1) is 12.6. The van der Waals surface area contributed by atoms with E-state index >= 15 is 0 Å². The number of piperazine rings is 1. The van der Waals surface area contributed by atoms with Gasteiger partial charge in [0.25, 0.3) is 0 Å². The van der Waals surface area contributed by atoms with E-state index in [2.05, 4.69) is 5.32 Å². The molecule has 1 saturated heterocycles. The quantitative estimate of drug-likeness (QED) is 0.811. The van der Waals surface area contributed by atoms with E-state index in [0.29, 0.717) is 43.1 Å². The number of urea groups is 2. The lowest BCUT2D eigenvalue weighted by atomic mass is 10.3. The number of hydrogen-bond acceptors (Lipinski definition) is 6. The van der Waals surface area contributed by atoms with E-state index in [0.717, 1.165) is 4.90 Å². The number of carbonyl (C=O) groups excluding carboxylic acids is 4. The van der Waals surface area contributed by atoms with E-state index < -0.39 is 24.7 Å². The molecule has 0 atom stereocenters. The molecule has 0 spiro atoms. The highest BCUT2D eigenvalue weighted by atomic mass is 16.6. The Hall–Kier alpha value is -2.94. The van der Waals surface area contributed by atoms with Gasteiger partial charge in [-0.3, -0.25) is 0 Å². The van der Waals surface area contributed by atoms with Crippen molar-refractivity contribution in [3.63, 3.8) is 0 Å². The van der Waals surface area contributed by atoms with Gasteiger partial charge in [-0.1, -0.05) is 18.2 Å². The summed E-state index contributed by atoms with van der Waals surface area (Å²) in [6.07, 6.45) is -0.563. The highest BCUT2D eigenvalue weighted by Crippen LogP contribution is 2.19. The fourth-order valence-corrected chi connectivity index (χ4v) is 2.50. The largest absolute Gasteiger partial charge is 0.449 e. The fraction of sp³-hybridized carbons (Fsp3) is 0.412. The van der Waals surface area contributed by atoms with E-state index in [1.165, 1.54) is 4.90 Å². The number of imide groups is 2. The molecule has 26 heavy (non-hydrogen) atoms. The van der Waals surface area contributed by atoms with E-state index in [1.807, 2.05) is 0 Å². The zero-order valence-corrected chi connectivity index (χ0v) is 14.6. The van der Waals surface area contributed by atoms with E-state index in [4.69, 9.17) is 4.74 Å². The van der Waals surface area contributed by atoms with E-state index in [1.54, 1.807) is 37.3 Å². The van der Waals surface area contributed by atoms with Gasteiger partial charge in [0, 0.05) is 26.2 Å². The molecule has 1 aromatic rings. The highest BCUT2D eigenvalue weighted by molar-refractivity contribution is 6.16.